The molecule has 0 radical (unpaired) electrons. The van der Waals surface area contributed by atoms with Crippen molar-refractivity contribution in [3.63, 3.8) is 0 Å². The SMILES string of the molecule is C[C@H](Oc1ccc2c(c1)CCCC2)C(=O)NCCCN1c2ccccc2C[C@H]1C. The quantitative estimate of drug-likeness (QED) is 0.715. The zero-order valence-corrected chi connectivity index (χ0v) is 17.6. The average molecular weight is 393 g/mol. The van der Waals surface area contributed by atoms with Crippen molar-refractivity contribution in [3.8, 4) is 5.75 Å². The molecule has 2 aromatic rings. The van der Waals surface area contributed by atoms with Gasteiger partial charge in [0.05, 0.1) is 0 Å². The van der Waals surface area contributed by atoms with Crippen LogP contribution in [0.5, 0.6) is 5.75 Å². The molecule has 4 heteroatoms. The lowest BCUT2D eigenvalue weighted by atomic mass is 9.92. The summed E-state index contributed by atoms with van der Waals surface area (Å²) in [5.41, 5.74) is 5.58. The van der Waals surface area contributed by atoms with Crippen molar-refractivity contribution in [1.29, 1.82) is 0 Å². The van der Waals surface area contributed by atoms with Crippen LogP contribution >= 0.6 is 0 Å². The van der Waals surface area contributed by atoms with E-state index in [1.54, 1.807) is 0 Å². The Bertz CT molecular complexity index is 864. The maximum Gasteiger partial charge on any atom is 0.260 e. The van der Waals surface area contributed by atoms with Crippen LogP contribution in [-0.2, 0) is 24.1 Å². The molecule has 1 heterocycles. The zero-order chi connectivity index (χ0) is 20.2. The maximum atomic E-state index is 12.4. The molecular formula is C25H32N2O2. The van der Waals surface area contributed by atoms with Crippen molar-refractivity contribution in [1.82, 2.24) is 5.32 Å². The van der Waals surface area contributed by atoms with Crippen LogP contribution in [0.15, 0.2) is 42.5 Å². The normalized spacial score (nSPS) is 18.7. The second-order valence-electron chi connectivity index (χ2n) is 8.42. The van der Waals surface area contributed by atoms with Gasteiger partial charge in [0.15, 0.2) is 6.10 Å². The number of para-hydroxylation sites is 1. The van der Waals surface area contributed by atoms with Gasteiger partial charge in [0, 0.05) is 24.8 Å². The Balaban J connectivity index is 1.23. The Labute approximate surface area is 174 Å². The Morgan fingerprint density at radius 1 is 1.14 bits per heavy atom. The van der Waals surface area contributed by atoms with Crippen molar-refractivity contribution < 1.29 is 9.53 Å². The summed E-state index contributed by atoms with van der Waals surface area (Å²) < 4.78 is 5.91. The highest BCUT2D eigenvalue weighted by Gasteiger charge is 2.24. The minimum atomic E-state index is -0.483. The Morgan fingerprint density at radius 3 is 2.79 bits per heavy atom. The van der Waals surface area contributed by atoms with E-state index in [-0.39, 0.29) is 5.91 Å². The lowest BCUT2D eigenvalue weighted by Gasteiger charge is -2.25. The van der Waals surface area contributed by atoms with Gasteiger partial charge in [-0.15, -0.1) is 0 Å². The van der Waals surface area contributed by atoms with E-state index in [9.17, 15) is 4.79 Å². The van der Waals surface area contributed by atoms with Gasteiger partial charge in [-0.2, -0.15) is 0 Å². The van der Waals surface area contributed by atoms with Gasteiger partial charge < -0.3 is 15.0 Å². The number of carbonyl (C=O) groups is 1. The predicted molar refractivity (Wildman–Crippen MR) is 118 cm³/mol. The van der Waals surface area contributed by atoms with Gasteiger partial charge in [0.1, 0.15) is 5.75 Å². The summed E-state index contributed by atoms with van der Waals surface area (Å²) >= 11 is 0. The van der Waals surface area contributed by atoms with Crippen LogP contribution in [0.2, 0.25) is 0 Å². The first kappa shape index (κ1) is 19.8. The number of nitrogens with zero attached hydrogens (tertiary/aromatic N) is 1. The minimum Gasteiger partial charge on any atom is -0.481 e. The van der Waals surface area contributed by atoms with Crippen LogP contribution in [0.1, 0.15) is 49.8 Å². The van der Waals surface area contributed by atoms with Gasteiger partial charge in [-0.1, -0.05) is 24.3 Å². The molecule has 0 spiro atoms. The van der Waals surface area contributed by atoms with Crippen LogP contribution in [0, 0.1) is 0 Å². The third kappa shape index (κ3) is 4.58. The molecular weight excluding hydrogens is 360 g/mol. The molecule has 1 aliphatic carbocycles. The summed E-state index contributed by atoms with van der Waals surface area (Å²) in [7, 11) is 0. The van der Waals surface area contributed by atoms with E-state index in [0.29, 0.717) is 12.6 Å². The van der Waals surface area contributed by atoms with Crippen LogP contribution in [0.25, 0.3) is 0 Å². The monoisotopic (exact) mass is 392 g/mol. The van der Waals surface area contributed by atoms with Crippen molar-refractivity contribution in [3.05, 3.63) is 59.2 Å². The van der Waals surface area contributed by atoms with Crippen LogP contribution in [-0.4, -0.2) is 31.1 Å². The molecule has 1 N–H and O–H groups in total. The molecule has 1 amide bonds. The highest BCUT2D eigenvalue weighted by molar-refractivity contribution is 5.80. The lowest BCUT2D eigenvalue weighted by molar-refractivity contribution is -0.127. The number of carbonyl (C=O) groups excluding carboxylic acids is 1. The summed E-state index contributed by atoms with van der Waals surface area (Å²) in [6.45, 7) is 5.72. The number of aryl methyl sites for hydroxylation is 2. The van der Waals surface area contributed by atoms with E-state index in [1.807, 2.05) is 13.0 Å². The van der Waals surface area contributed by atoms with E-state index in [4.69, 9.17) is 4.74 Å². The van der Waals surface area contributed by atoms with E-state index in [2.05, 4.69) is 53.5 Å². The number of rotatable bonds is 7. The van der Waals surface area contributed by atoms with Gasteiger partial charge in [0.2, 0.25) is 0 Å². The number of hydrogen-bond acceptors (Lipinski definition) is 3. The number of anilines is 1. The molecule has 2 aromatic carbocycles. The molecule has 4 nitrogen and oxygen atoms in total. The number of nitrogens with one attached hydrogen (secondary N) is 1. The summed E-state index contributed by atoms with van der Waals surface area (Å²) in [4.78, 5) is 14.9. The smallest absolute Gasteiger partial charge is 0.260 e. The molecule has 2 aliphatic rings. The number of hydrogen-bond donors (Lipinski definition) is 1. The molecule has 0 aromatic heterocycles. The molecule has 4 rings (SSSR count). The molecule has 0 saturated heterocycles. The zero-order valence-electron chi connectivity index (χ0n) is 17.6. The Morgan fingerprint density at radius 2 is 1.93 bits per heavy atom. The molecule has 2 atom stereocenters. The number of ether oxygens (including phenoxy) is 1. The first-order valence-corrected chi connectivity index (χ1v) is 11.0. The average Bonchev–Trinajstić information content (AvgIpc) is 3.06. The number of amides is 1. The topological polar surface area (TPSA) is 41.6 Å². The predicted octanol–water partition coefficient (Wildman–Crippen LogP) is 4.29. The number of fused-ring (bicyclic) bond motifs is 2. The van der Waals surface area contributed by atoms with Gasteiger partial charge in [0.25, 0.3) is 5.91 Å². The van der Waals surface area contributed by atoms with E-state index in [0.717, 1.165) is 38.0 Å². The molecule has 154 valence electrons. The minimum absolute atomic E-state index is 0.0439. The van der Waals surface area contributed by atoms with E-state index < -0.39 is 6.10 Å². The Kier molecular flexibility index (Phi) is 6.08. The van der Waals surface area contributed by atoms with Crippen molar-refractivity contribution in [2.45, 2.75) is 64.5 Å². The molecule has 0 unspecified atom stereocenters. The summed E-state index contributed by atoms with van der Waals surface area (Å²) in [6.07, 6.45) is 6.34. The van der Waals surface area contributed by atoms with E-state index >= 15 is 0 Å². The second-order valence-corrected chi connectivity index (χ2v) is 8.42. The lowest BCUT2D eigenvalue weighted by Crippen LogP contribution is -2.38. The van der Waals surface area contributed by atoms with E-state index in [1.165, 1.54) is 35.2 Å². The standard InChI is InChI=1S/C25H32N2O2/c1-18-16-22-10-5-6-11-24(22)27(18)15-7-14-26-25(28)19(2)29-23-13-12-20-8-3-4-9-21(20)17-23/h5-6,10-13,17-19H,3-4,7-9,14-16H2,1-2H3,(H,26,28)/t18-,19+/m1/s1. The molecule has 0 fully saturated rings. The summed E-state index contributed by atoms with van der Waals surface area (Å²) in [5, 5.41) is 3.04. The Hall–Kier alpha value is -2.49. The maximum absolute atomic E-state index is 12.4. The molecule has 29 heavy (non-hydrogen) atoms. The van der Waals surface area contributed by atoms with Gasteiger partial charge in [-0.3, -0.25) is 4.79 Å². The first-order chi connectivity index (χ1) is 14.1. The fraction of sp³-hybridized carbons (Fsp3) is 0.480. The second kappa shape index (κ2) is 8.89. The van der Waals surface area contributed by atoms with Crippen molar-refractivity contribution in [2.75, 3.05) is 18.0 Å². The third-order valence-corrected chi connectivity index (χ3v) is 6.23. The van der Waals surface area contributed by atoms with Crippen molar-refractivity contribution in [2.24, 2.45) is 0 Å². The largest absolute Gasteiger partial charge is 0.481 e. The van der Waals surface area contributed by atoms with Gasteiger partial charge in [-0.05, 0) is 87.3 Å². The first-order valence-electron chi connectivity index (χ1n) is 11.0. The molecule has 0 bridgehead atoms. The van der Waals surface area contributed by atoms with Crippen LogP contribution in [0.3, 0.4) is 0 Å². The summed E-state index contributed by atoms with van der Waals surface area (Å²) in [5.74, 6) is 0.758. The highest BCUT2D eigenvalue weighted by Crippen LogP contribution is 2.31. The van der Waals surface area contributed by atoms with Gasteiger partial charge >= 0.3 is 0 Å². The third-order valence-electron chi connectivity index (χ3n) is 6.23. The fourth-order valence-corrected chi connectivity index (χ4v) is 4.62. The van der Waals surface area contributed by atoms with Crippen LogP contribution < -0.4 is 15.0 Å². The molecule has 0 saturated carbocycles. The fourth-order valence-electron chi connectivity index (χ4n) is 4.62. The highest BCUT2D eigenvalue weighted by atomic mass is 16.5. The number of benzene rings is 2. The van der Waals surface area contributed by atoms with Crippen LogP contribution in [0.4, 0.5) is 5.69 Å². The van der Waals surface area contributed by atoms with Crippen molar-refractivity contribution >= 4 is 11.6 Å². The summed E-state index contributed by atoms with van der Waals surface area (Å²) in [6, 6.07) is 15.4. The molecule has 1 aliphatic heterocycles. The van der Waals surface area contributed by atoms with Gasteiger partial charge in [-0.25, -0.2) is 0 Å².